The van der Waals surface area contributed by atoms with Crippen LogP contribution in [0.15, 0.2) is 101 Å². The Morgan fingerprint density at radius 3 is 1.97 bits per heavy atom. The predicted molar refractivity (Wildman–Crippen MR) is 131 cm³/mol. The molecule has 0 aliphatic carbocycles. The molecular weight excluding hydrogens is 426 g/mol. The summed E-state index contributed by atoms with van der Waals surface area (Å²) in [6.45, 7) is 0. The van der Waals surface area contributed by atoms with E-state index in [0.717, 1.165) is 15.7 Å². The van der Waals surface area contributed by atoms with Crippen molar-refractivity contribution >= 4 is 41.1 Å². The molecule has 0 saturated heterocycles. The highest BCUT2D eigenvalue weighted by Gasteiger charge is 2.06. The second kappa shape index (κ2) is 11.9. The number of non-ortho nitro benzene ring substituents is 1. The first-order valence-corrected chi connectivity index (χ1v) is 11.6. The summed E-state index contributed by atoms with van der Waals surface area (Å²) in [7, 11) is 0. The third kappa shape index (κ3) is 7.92. The zero-order valence-electron chi connectivity index (χ0n) is 16.7. The Balaban J connectivity index is 1.70. The Labute approximate surface area is 190 Å². The second-order valence-electron chi connectivity index (χ2n) is 6.60. The lowest BCUT2D eigenvalue weighted by Crippen LogP contribution is -1.90. The number of nitro benzene ring substituents is 1. The minimum Gasteiger partial charge on any atom is -0.290 e. The van der Waals surface area contributed by atoms with E-state index in [-0.39, 0.29) is 11.5 Å². The van der Waals surface area contributed by atoms with E-state index in [1.54, 1.807) is 47.8 Å². The number of allylic oxidation sites excluding steroid dienone is 2. The molecule has 0 heterocycles. The van der Waals surface area contributed by atoms with Crippen LogP contribution in [-0.2, 0) is 16.3 Å². The second-order valence-corrected chi connectivity index (χ2v) is 8.89. The lowest BCUT2D eigenvalue weighted by Gasteiger charge is -2.07. The molecule has 0 aromatic heterocycles. The van der Waals surface area contributed by atoms with Gasteiger partial charge in [0, 0.05) is 34.0 Å². The monoisotopic (exact) mass is 447 g/mol. The van der Waals surface area contributed by atoms with Gasteiger partial charge in [0.2, 0.25) is 0 Å². The minimum absolute atomic E-state index is 0.00247. The van der Waals surface area contributed by atoms with Crippen LogP contribution in [0.3, 0.4) is 0 Å². The number of thioether (sulfide) groups is 2. The standard InChI is InChI=1S/C25H21NO3S2/c27-24(15-14-20-12-7-13-23(16-20)26(28)29)17-25(30-18-21-8-3-1-4-9-21)31-19-22-10-5-2-6-11-22/h1-17H,18-19H2. The first-order valence-electron chi connectivity index (χ1n) is 9.62. The number of hydrogen-bond acceptors (Lipinski definition) is 5. The highest BCUT2D eigenvalue weighted by molar-refractivity contribution is 8.21. The molecule has 31 heavy (non-hydrogen) atoms. The first kappa shape index (κ1) is 22.6. The summed E-state index contributed by atoms with van der Waals surface area (Å²) in [5.41, 5.74) is 3.01. The van der Waals surface area contributed by atoms with Crippen LogP contribution in [0.4, 0.5) is 5.69 Å². The van der Waals surface area contributed by atoms with Crippen LogP contribution in [0.1, 0.15) is 16.7 Å². The minimum atomic E-state index is -0.447. The lowest BCUT2D eigenvalue weighted by molar-refractivity contribution is -0.384. The molecule has 0 spiro atoms. The SMILES string of the molecule is O=C(C=Cc1cccc([N+](=O)[O-])c1)C=C(SCc1ccccc1)SCc1ccccc1. The molecular formula is C25H21NO3S2. The van der Waals surface area contributed by atoms with Gasteiger partial charge in [-0.2, -0.15) is 0 Å². The van der Waals surface area contributed by atoms with Crippen LogP contribution in [-0.4, -0.2) is 10.7 Å². The van der Waals surface area contributed by atoms with Crippen LogP contribution in [0.2, 0.25) is 0 Å². The number of rotatable bonds is 10. The maximum Gasteiger partial charge on any atom is 0.270 e. The summed E-state index contributed by atoms with van der Waals surface area (Å²) in [5, 5.41) is 10.9. The van der Waals surface area contributed by atoms with Crippen molar-refractivity contribution in [2.75, 3.05) is 0 Å². The van der Waals surface area contributed by atoms with Gasteiger partial charge >= 0.3 is 0 Å². The van der Waals surface area contributed by atoms with Gasteiger partial charge in [-0.05, 0) is 22.8 Å². The first-order chi connectivity index (χ1) is 15.1. The molecule has 0 N–H and O–H groups in total. The lowest BCUT2D eigenvalue weighted by atomic mass is 10.2. The Morgan fingerprint density at radius 1 is 0.839 bits per heavy atom. The fourth-order valence-electron chi connectivity index (χ4n) is 2.67. The molecule has 0 unspecified atom stereocenters. The highest BCUT2D eigenvalue weighted by Crippen LogP contribution is 2.33. The van der Waals surface area contributed by atoms with Gasteiger partial charge in [-0.15, -0.1) is 23.5 Å². The maximum absolute atomic E-state index is 12.5. The van der Waals surface area contributed by atoms with E-state index in [4.69, 9.17) is 0 Å². The van der Waals surface area contributed by atoms with Gasteiger partial charge in [0.15, 0.2) is 5.78 Å². The molecule has 3 rings (SSSR count). The molecule has 3 aromatic rings. The van der Waals surface area contributed by atoms with Gasteiger partial charge in [0.1, 0.15) is 0 Å². The molecule has 3 aromatic carbocycles. The third-order valence-electron chi connectivity index (χ3n) is 4.23. The van der Waals surface area contributed by atoms with E-state index >= 15 is 0 Å². The molecule has 4 nitrogen and oxygen atoms in total. The van der Waals surface area contributed by atoms with Crippen molar-refractivity contribution in [3.05, 3.63) is 128 Å². The molecule has 0 amide bonds. The number of carbonyl (C=O) groups excluding carboxylic acids is 1. The fraction of sp³-hybridized carbons (Fsp3) is 0.0800. The molecule has 0 bridgehead atoms. The Kier molecular flexibility index (Phi) is 8.70. The molecule has 0 radical (unpaired) electrons. The van der Waals surface area contributed by atoms with Crippen molar-refractivity contribution in [2.24, 2.45) is 0 Å². The van der Waals surface area contributed by atoms with Crippen molar-refractivity contribution in [2.45, 2.75) is 11.5 Å². The van der Waals surface area contributed by atoms with Crippen molar-refractivity contribution in [3.8, 4) is 0 Å². The largest absolute Gasteiger partial charge is 0.290 e. The summed E-state index contributed by atoms with van der Waals surface area (Å²) in [5.74, 6) is 1.40. The summed E-state index contributed by atoms with van der Waals surface area (Å²) >= 11 is 3.26. The van der Waals surface area contributed by atoms with E-state index in [0.29, 0.717) is 5.56 Å². The zero-order valence-corrected chi connectivity index (χ0v) is 18.4. The van der Waals surface area contributed by atoms with E-state index < -0.39 is 4.92 Å². The summed E-state index contributed by atoms with van der Waals surface area (Å²) in [6.07, 6.45) is 4.69. The van der Waals surface area contributed by atoms with Crippen molar-refractivity contribution in [1.82, 2.24) is 0 Å². The van der Waals surface area contributed by atoms with Gasteiger partial charge in [-0.3, -0.25) is 14.9 Å². The summed E-state index contributed by atoms with van der Waals surface area (Å²) in [6, 6.07) is 26.5. The molecule has 0 fully saturated rings. The number of nitrogens with zero attached hydrogens (tertiary/aromatic N) is 1. The quantitative estimate of drug-likeness (QED) is 0.192. The van der Waals surface area contributed by atoms with E-state index in [9.17, 15) is 14.9 Å². The van der Waals surface area contributed by atoms with Gasteiger partial charge in [-0.1, -0.05) is 78.9 Å². The predicted octanol–water partition coefficient (Wildman–Crippen LogP) is 6.89. The Hall–Kier alpha value is -3.09. The highest BCUT2D eigenvalue weighted by atomic mass is 32.2. The Bertz CT molecular complexity index is 1030. The Morgan fingerprint density at radius 2 is 1.42 bits per heavy atom. The van der Waals surface area contributed by atoms with Gasteiger partial charge in [-0.25, -0.2) is 0 Å². The molecule has 6 heteroatoms. The summed E-state index contributed by atoms with van der Waals surface area (Å²) < 4.78 is 0.932. The van der Waals surface area contributed by atoms with E-state index in [1.807, 2.05) is 36.4 Å². The average Bonchev–Trinajstić information content (AvgIpc) is 2.81. The van der Waals surface area contributed by atoms with E-state index in [1.165, 1.54) is 29.3 Å². The third-order valence-corrected chi connectivity index (χ3v) is 6.70. The van der Waals surface area contributed by atoms with Gasteiger partial charge in [0.25, 0.3) is 5.69 Å². The van der Waals surface area contributed by atoms with Crippen LogP contribution in [0.5, 0.6) is 0 Å². The average molecular weight is 448 g/mol. The summed E-state index contributed by atoms with van der Waals surface area (Å²) in [4.78, 5) is 23.0. The van der Waals surface area contributed by atoms with Crippen molar-refractivity contribution in [1.29, 1.82) is 0 Å². The van der Waals surface area contributed by atoms with Crippen LogP contribution >= 0.6 is 23.5 Å². The van der Waals surface area contributed by atoms with Gasteiger partial charge < -0.3 is 0 Å². The molecule has 156 valence electrons. The number of nitro groups is 1. The number of ketones is 1. The van der Waals surface area contributed by atoms with Crippen LogP contribution < -0.4 is 0 Å². The normalized spacial score (nSPS) is 10.7. The van der Waals surface area contributed by atoms with Crippen molar-refractivity contribution < 1.29 is 9.72 Å². The number of benzene rings is 3. The topological polar surface area (TPSA) is 60.2 Å². The fourth-order valence-corrected chi connectivity index (χ4v) is 4.76. The smallest absolute Gasteiger partial charge is 0.270 e. The molecule has 0 atom stereocenters. The zero-order chi connectivity index (χ0) is 21.9. The molecule has 0 saturated carbocycles. The van der Waals surface area contributed by atoms with E-state index in [2.05, 4.69) is 24.3 Å². The molecule has 0 aliphatic rings. The van der Waals surface area contributed by atoms with Crippen LogP contribution in [0, 0.1) is 10.1 Å². The van der Waals surface area contributed by atoms with Crippen LogP contribution in [0.25, 0.3) is 6.08 Å². The number of carbonyl (C=O) groups is 1. The molecule has 0 aliphatic heterocycles. The van der Waals surface area contributed by atoms with Gasteiger partial charge in [0.05, 0.1) is 4.92 Å². The number of hydrogen-bond donors (Lipinski definition) is 0. The van der Waals surface area contributed by atoms with Crippen molar-refractivity contribution in [3.63, 3.8) is 0 Å². The maximum atomic E-state index is 12.5.